The Balaban J connectivity index is 1.37. The lowest BCUT2D eigenvalue weighted by molar-refractivity contribution is -0.153. The molecule has 1 heterocycles. The van der Waals surface area contributed by atoms with Crippen LogP contribution in [-0.2, 0) is 19.1 Å². The minimum atomic E-state index is -0.660. The molecule has 0 radical (unpaired) electrons. The molecule has 1 unspecified atom stereocenters. The van der Waals surface area contributed by atoms with Gasteiger partial charge < -0.3 is 19.7 Å². The van der Waals surface area contributed by atoms with Gasteiger partial charge in [-0.05, 0) is 55.9 Å². The van der Waals surface area contributed by atoms with Crippen LogP contribution in [0.4, 0.5) is 4.79 Å². The van der Waals surface area contributed by atoms with E-state index in [9.17, 15) is 14.4 Å². The second kappa shape index (κ2) is 9.25. The summed E-state index contributed by atoms with van der Waals surface area (Å²) in [4.78, 5) is 38.9. The van der Waals surface area contributed by atoms with Crippen molar-refractivity contribution in [2.45, 2.75) is 51.2 Å². The molecule has 2 aromatic rings. The van der Waals surface area contributed by atoms with E-state index in [1.54, 1.807) is 20.8 Å². The number of likely N-dealkylation sites (tertiary alicyclic amines) is 1. The van der Waals surface area contributed by atoms with Gasteiger partial charge in [0.2, 0.25) is 5.91 Å². The standard InChI is InChI=1S/C26H30N2O5/c1-26(2,3)33-25(31)27-15-23(29)28-14-8-13-22(28)24(30)32-16-21-19-11-6-4-9-17(19)18-10-5-7-12-20(18)21/h4-7,9-12,21-22H,8,13-16H2,1-3H3,(H,27,31). The molecule has 4 rings (SSSR count). The number of esters is 1. The van der Waals surface area contributed by atoms with Crippen molar-refractivity contribution in [1.29, 1.82) is 0 Å². The second-order valence-corrected chi connectivity index (χ2v) is 9.46. The third kappa shape index (κ3) is 5.02. The van der Waals surface area contributed by atoms with Crippen molar-refractivity contribution >= 4 is 18.0 Å². The lowest BCUT2D eigenvalue weighted by Gasteiger charge is -2.25. The predicted octanol–water partition coefficient (Wildman–Crippen LogP) is 3.86. The van der Waals surface area contributed by atoms with Gasteiger partial charge in [-0.15, -0.1) is 0 Å². The van der Waals surface area contributed by atoms with Gasteiger partial charge in [-0.3, -0.25) is 4.79 Å². The number of carbonyl (C=O) groups excluding carboxylic acids is 3. The van der Waals surface area contributed by atoms with Crippen LogP contribution in [0.25, 0.3) is 11.1 Å². The Hall–Kier alpha value is -3.35. The first-order valence-electron chi connectivity index (χ1n) is 11.4. The Labute approximate surface area is 194 Å². The largest absolute Gasteiger partial charge is 0.463 e. The van der Waals surface area contributed by atoms with Gasteiger partial charge in [0.25, 0.3) is 0 Å². The number of carbonyl (C=O) groups is 3. The van der Waals surface area contributed by atoms with Crippen LogP contribution in [0.5, 0.6) is 0 Å². The number of hydrogen-bond acceptors (Lipinski definition) is 5. The summed E-state index contributed by atoms with van der Waals surface area (Å²) in [7, 11) is 0. The highest BCUT2D eigenvalue weighted by atomic mass is 16.6. The average Bonchev–Trinajstić information content (AvgIpc) is 3.38. The molecule has 0 bridgehead atoms. The summed E-state index contributed by atoms with van der Waals surface area (Å²) >= 11 is 0. The molecule has 33 heavy (non-hydrogen) atoms. The van der Waals surface area contributed by atoms with E-state index >= 15 is 0 Å². The van der Waals surface area contributed by atoms with Gasteiger partial charge in [-0.25, -0.2) is 9.59 Å². The van der Waals surface area contributed by atoms with Gasteiger partial charge in [-0.1, -0.05) is 48.5 Å². The number of fused-ring (bicyclic) bond motifs is 3. The number of alkyl carbamates (subject to hydrolysis) is 1. The fourth-order valence-electron chi connectivity index (χ4n) is 4.57. The van der Waals surface area contributed by atoms with Crippen LogP contribution in [0, 0.1) is 0 Å². The van der Waals surface area contributed by atoms with Gasteiger partial charge in [0.1, 0.15) is 24.8 Å². The first kappa shape index (κ1) is 22.8. The Morgan fingerprint density at radius 2 is 1.61 bits per heavy atom. The maximum Gasteiger partial charge on any atom is 0.408 e. The molecule has 2 aromatic carbocycles. The molecule has 0 saturated carbocycles. The Morgan fingerprint density at radius 1 is 1.00 bits per heavy atom. The van der Waals surface area contributed by atoms with Crippen LogP contribution in [0.3, 0.4) is 0 Å². The molecular weight excluding hydrogens is 420 g/mol. The highest BCUT2D eigenvalue weighted by Gasteiger charge is 2.36. The number of rotatable bonds is 5. The maximum absolute atomic E-state index is 12.9. The second-order valence-electron chi connectivity index (χ2n) is 9.46. The number of ether oxygens (including phenoxy) is 2. The van der Waals surface area contributed by atoms with Crippen LogP contribution in [0.15, 0.2) is 48.5 Å². The highest BCUT2D eigenvalue weighted by Crippen LogP contribution is 2.44. The SMILES string of the molecule is CC(C)(C)OC(=O)NCC(=O)N1CCCC1C(=O)OCC1c2ccccc2-c2ccccc21. The number of hydrogen-bond donors (Lipinski definition) is 1. The molecule has 7 nitrogen and oxygen atoms in total. The van der Waals surface area contributed by atoms with E-state index in [0.29, 0.717) is 19.4 Å². The van der Waals surface area contributed by atoms with Gasteiger partial charge in [0.05, 0.1) is 0 Å². The van der Waals surface area contributed by atoms with E-state index in [2.05, 4.69) is 29.6 Å². The zero-order chi connectivity index (χ0) is 23.6. The fraction of sp³-hybridized carbons (Fsp3) is 0.423. The van der Waals surface area contributed by atoms with Gasteiger partial charge in [0, 0.05) is 12.5 Å². The Kier molecular flexibility index (Phi) is 6.40. The summed E-state index contributed by atoms with van der Waals surface area (Å²) in [5.41, 5.74) is 3.98. The summed E-state index contributed by atoms with van der Waals surface area (Å²) < 4.78 is 10.9. The van der Waals surface area contributed by atoms with E-state index in [1.165, 1.54) is 16.0 Å². The third-order valence-electron chi connectivity index (χ3n) is 5.98. The maximum atomic E-state index is 12.9. The smallest absolute Gasteiger partial charge is 0.408 e. The Bertz CT molecular complexity index is 1010. The van der Waals surface area contributed by atoms with Crippen molar-refractivity contribution < 1.29 is 23.9 Å². The van der Waals surface area contributed by atoms with Crippen molar-refractivity contribution in [2.75, 3.05) is 19.7 Å². The molecule has 1 aliphatic carbocycles. The molecule has 0 spiro atoms. The fourth-order valence-corrected chi connectivity index (χ4v) is 4.57. The summed E-state index contributed by atoms with van der Waals surface area (Å²) in [5.74, 6) is -0.752. The monoisotopic (exact) mass is 450 g/mol. The summed E-state index contributed by atoms with van der Waals surface area (Å²) in [6, 6.07) is 15.7. The molecule has 1 aliphatic heterocycles. The summed E-state index contributed by atoms with van der Waals surface area (Å²) in [6.45, 7) is 5.72. The minimum Gasteiger partial charge on any atom is -0.463 e. The lowest BCUT2D eigenvalue weighted by Crippen LogP contribution is -2.46. The third-order valence-corrected chi connectivity index (χ3v) is 5.98. The topological polar surface area (TPSA) is 84.9 Å². The molecular formula is C26H30N2O5. The molecule has 1 atom stereocenters. The van der Waals surface area contributed by atoms with Crippen molar-refractivity contribution in [3.63, 3.8) is 0 Å². The molecule has 1 fully saturated rings. The van der Waals surface area contributed by atoms with Gasteiger partial charge in [-0.2, -0.15) is 0 Å². The van der Waals surface area contributed by atoms with Crippen LogP contribution in [0.2, 0.25) is 0 Å². The van der Waals surface area contributed by atoms with Crippen molar-refractivity contribution in [2.24, 2.45) is 0 Å². The van der Waals surface area contributed by atoms with Crippen LogP contribution >= 0.6 is 0 Å². The van der Waals surface area contributed by atoms with E-state index in [4.69, 9.17) is 9.47 Å². The summed E-state index contributed by atoms with van der Waals surface area (Å²) in [5, 5.41) is 2.47. The zero-order valence-corrected chi connectivity index (χ0v) is 19.3. The van der Waals surface area contributed by atoms with Gasteiger partial charge >= 0.3 is 12.1 Å². The molecule has 2 aliphatic rings. The quantitative estimate of drug-likeness (QED) is 0.700. The number of benzene rings is 2. The van der Waals surface area contributed by atoms with E-state index in [-0.39, 0.29) is 25.0 Å². The average molecular weight is 451 g/mol. The van der Waals surface area contributed by atoms with Crippen LogP contribution < -0.4 is 5.32 Å². The predicted molar refractivity (Wildman–Crippen MR) is 124 cm³/mol. The molecule has 1 N–H and O–H groups in total. The van der Waals surface area contributed by atoms with E-state index in [1.807, 2.05) is 24.3 Å². The molecule has 0 aromatic heterocycles. The first-order valence-corrected chi connectivity index (χ1v) is 11.4. The van der Waals surface area contributed by atoms with Crippen LogP contribution in [-0.4, -0.2) is 54.2 Å². The molecule has 174 valence electrons. The van der Waals surface area contributed by atoms with Gasteiger partial charge in [0.15, 0.2) is 0 Å². The Morgan fingerprint density at radius 3 is 2.21 bits per heavy atom. The number of amides is 2. The summed E-state index contributed by atoms with van der Waals surface area (Å²) in [6.07, 6.45) is 0.606. The van der Waals surface area contributed by atoms with Crippen molar-refractivity contribution in [3.8, 4) is 11.1 Å². The van der Waals surface area contributed by atoms with Crippen molar-refractivity contribution in [1.82, 2.24) is 10.2 Å². The number of nitrogens with zero attached hydrogens (tertiary/aromatic N) is 1. The molecule has 1 saturated heterocycles. The normalized spacial score (nSPS) is 17.3. The first-order chi connectivity index (χ1) is 15.7. The number of nitrogens with one attached hydrogen (secondary N) is 1. The highest BCUT2D eigenvalue weighted by molar-refractivity contribution is 5.88. The molecule has 2 amide bonds. The molecule has 7 heteroatoms. The van der Waals surface area contributed by atoms with Crippen LogP contribution in [0.1, 0.15) is 50.7 Å². The van der Waals surface area contributed by atoms with E-state index < -0.39 is 23.7 Å². The van der Waals surface area contributed by atoms with Crippen molar-refractivity contribution in [3.05, 3.63) is 59.7 Å². The minimum absolute atomic E-state index is 0.0271. The lowest BCUT2D eigenvalue weighted by atomic mass is 9.98. The van der Waals surface area contributed by atoms with E-state index in [0.717, 1.165) is 11.1 Å². The zero-order valence-electron chi connectivity index (χ0n) is 19.3.